The van der Waals surface area contributed by atoms with Crippen LogP contribution >= 0.6 is 0 Å². The van der Waals surface area contributed by atoms with Crippen LogP contribution in [0.25, 0.3) is 0 Å². The predicted molar refractivity (Wildman–Crippen MR) is 93.1 cm³/mol. The number of nitrogens with one attached hydrogen (secondary N) is 1. The van der Waals surface area contributed by atoms with Crippen molar-refractivity contribution >= 4 is 11.8 Å². The maximum atomic E-state index is 12.6. The van der Waals surface area contributed by atoms with Gasteiger partial charge in [-0.25, -0.2) is 0 Å². The van der Waals surface area contributed by atoms with Gasteiger partial charge in [-0.2, -0.15) is 0 Å². The van der Waals surface area contributed by atoms with E-state index in [1.165, 1.54) is 0 Å². The molecule has 2 aromatic rings. The number of fused-ring (bicyclic) bond motifs is 1. The molecule has 0 saturated heterocycles. The fourth-order valence-corrected chi connectivity index (χ4v) is 2.65. The smallest absolute Gasteiger partial charge is 0.254 e. The Labute approximate surface area is 146 Å². The van der Waals surface area contributed by atoms with Gasteiger partial charge in [0.2, 0.25) is 0 Å². The Bertz CT molecular complexity index is 787. The minimum Gasteiger partial charge on any atom is -0.486 e. The van der Waals surface area contributed by atoms with Gasteiger partial charge in [0.05, 0.1) is 0 Å². The van der Waals surface area contributed by atoms with Crippen molar-refractivity contribution in [2.75, 3.05) is 27.3 Å². The van der Waals surface area contributed by atoms with Crippen LogP contribution in [-0.4, -0.2) is 44.0 Å². The van der Waals surface area contributed by atoms with Gasteiger partial charge in [-0.15, -0.1) is 0 Å². The van der Waals surface area contributed by atoms with Crippen molar-refractivity contribution in [3.05, 3.63) is 59.2 Å². The molecule has 1 aliphatic heterocycles. The average molecular weight is 340 g/mol. The standard InChI is InChI=1S/C19H20N2O4/c1-20-18(22)14-5-3-13(4-6-14)12-21(2)19(23)15-7-8-16-17(11-15)25-10-9-24-16/h3-8,11H,9-10,12H2,1-2H3,(H,20,22). The third-order valence-electron chi connectivity index (χ3n) is 4.00. The Morgan fingerprint density at radius 2 is 1.64 bits per heavy atom. The van der Waals surface area contributed by atoms with E-state index in [0.29, 0.717) is 42.4 Å². The average Bonchev–Trinajstić information content (AvgIpc) is 2.67. The second-order valence-electron chi connectivity index (χ2n) is 5.80. The zero-order valence-corrected chi connectivity index (χ0v) is 14.2. The first kappa shape index (κ1) is 16.8. The molecule has 0 saturated carbocycles. The first-order valence-corrected chi connectivity index (χ1v) is 8.04. The maximum Gasteiger partial charge on any atom is 0.254 e. The summed E-state index contributed by atoms with van der Waals surface area (Å²) in [5.41, 5.74) is 2.09. The van der Waals surface area contributed by atoms with E-state index < -0.39 is 0 Å². The Kier molecular flexibility index (Phi) is 4.88. The number of hydrogen-bond acceptors (Lipinski definition) is 4. The van der Waals surface area contributed by atoms with Gasteiger partial charge in [-0.3, -0.25) is 9.59 Å². The van der Waals surface area contributed by atoms with Crippen LogP contribution in [0.4, 0.5) is 0 Å². The van der Waals surface area contributed by atoms with Crippen LogP contribution in [0.1, 0.15) is 26.3 Å². The normalized spacial score (nSPS) is 12.4. The largest absolute Gasteiger partial charge is 0.486 e. The molecule has 1 N–H and O–H groups in total. The highest BCUT2D eigenvalue weighted by Crippen LogP contribution is 2.31. The van der Waals surface area contributed by atoms with Gasteiger partial charge in [0, 0.05) is 31.8 Å². The molecule has 6 nitrogen and oxygen atoms in total. The highest BCUT2D eigenvalue weighted by molar-refractivity contribution is 5.95. The lowest BCUT2D eigenvalue weighted by molar-refractivity contribution is 0.0783. The highest BCUT2D eigenvalue weighted by atomic mass is 16.6. The summed E-state index contributed by atoms with van der Waals surface area (Å²) in [6.45, 7) is 1.45. The van der Waals surface area contributed by atoms with Gasteiger partial charge in [0.15, 0.2) is 11.5 Å². The van der Waals surface area contributed by atoms with Crippen LogP contribution in [0.5, 0.6) is 11.5 Å². The first-order valence-electron chi connectivity index (χ1n) is 8.04. The first-order chi connectivity index (χ1) is 12.1. The second kappa shape index (κ2) is 7.25. The molecule has 2 aromatic carbocycles. The van der Waals surface area contributed by atoms with Crippen LogP contribution in [0.2, 0.25) is 0 Å². The van der Waals surface area contributed by atoms with Gasteiger partial charge < -0.3 is 19.7 Å². The Morgan fingerprint density at radius 1 is 1.00 bits per heavy atom. The Hall–Kier alpha value is -3.02. The van der Waals surface area contributed by atoms with Gasteiger partial charge in [-0.05, 0) is 35.9 Å². The number of amides is 2. The summed E-state index contributed by atoms with van der Waals surface area (Å²) in [6.07, 6.45) is 0. The summed E-state index contributed by atoms with van der Waals surface area (Å²) in [6, 6.07) is 12.4. The van der Waals surface area contributed by atoms with E-state index in [1.807, 2.05) is 12.1 Å². The summed E-state index contributed by atoms with van der Waals surface area (Å²) in [7, 11) is 3.34. The Balaban J connectivity index is 1.69. The van der Waals surface area contributed by atoms with Gasteiger partial charge in [0.25, 0.3) is 11.8 Å². The van der Waals surface area contributed by atoms with Gasteiger partial charge in [-0.1, -0.05) is 12.1 Å². The lowest BCUT2D eigenvalue weighted by atomic mass is 10.1. The lowest BCUT2D eigenvalue weighted by Gasteiger charge is -2.21. The molecular weight excluding hydrogens is 320 g/mol. The molecule has 1 aliphatic rings. The number of carbonyl (C=O) groups is 2. The van der Waals surface area contributed by atoms with E-state index in [4.69, 9.17) is 9.47 Å². The molecule has 130 valence electrons. The van der Waals surface area contributed by atoms with Gasteiger partial charge in [0.1, 0.15) is 13.2 Å². The predicted octanol–water partition coefficient (Wildman–Crippen LogP) is 2.09. The molecule has 0 aliphatic carbocycles. The van der Waals surface area contributed by atoms with E-state index in [-0.39, 0.29) is 11.8 Å². The Morgan fingerprint density at radius 3 is 2.32 bits per heavy atom. The van der Waals surface area contributed by atoms with E-state index in [9.17, 15) is 9.59 Å². The van der Waals surface area contributed by atoms with Crippen molar-refractivity contribution in [1.82, 2.24) is 10.2 Å². The van der Waals surface area contributed by atoms with Crippen LogP contribution < -0.4 is 14.8 Å². The van der Waals surface area contributed by atoms with Crippen molar-refractivity contribution in [3.63, 3.8) is 0 Å². The van der Waals surface area contributed by atoms with Crippen LogP contribution in [-0.2, 0) is 6.54 Å². The molecule has 0 fully saturated rings. The monoisotopic (exact) mass is 340 g/mol. The molecular formula is C19H20N2O4. The number of carbonyl (C=O) groups excluding carboxylic acids is 2. The molecule has 0 radical (unpaired) electrons. The minimum atomic E-state index is -0.132. The highest BCUT2D eigenvalue weighted by Gasteiger charge is 2.17. The summed E-state index contributed by atoms with van der Waals surface area (Å²) < 4.78 is 11.0. The number of benzene rings is 2. The molecule has 0 bridgehead atoms. The maximum absolute atomic E-state index is 12.6. The number of nitrogens with zero attached hydrogens (tertiary/aromatic N) is 1. The minimum absolute atomic E-state index is 0.104. The number of ether oxygens (including phenoxy) is 2. The summed E-state index contributed by atoms with van der Waals surface area (Å²) >= 11 is 0. The topological polar surface area (TPSA) is 67.9 Å². The second-order valence-corrected chi connectivity index (χ2v) is 5.80. The zero-order valence-electron chi connectivity index (χ0n) is 14.2. The molecule has 6 heteroatoms. The molecule has 0 atom stereocenters. The quantitative estimate of drug-likeness (QED) is 0.925. The molecule has 1 heterocycles. The van der Waals surface area contributed by atoms with Crippen molar-refractivity contribution in [2.24, 2.45) is 0 Å². The van der Waals surface area contributed by atoms with E-state index in [2.05, 4.69) is 5.32 Å². The fraction of sp³-hybridized carbons (Fsp3) is 0.263. The lowest BCUT2D eigenvalue weighted by Crippen LogP contribution is -2.26. The molecule has 0 aromatic heterocycles. The van der Waals surface area contributed by atoms with Gasteiger partial charge >= 0.3 is 0 Å². The molecule has 2 amide bonds. The van der Waals surface area contributed by atoms with Crippen LogP contribution in [0, 0.1) is 0 Å². The fourth-order valence-electron chi connectivity index (χ4n) is 2.65. The van der Waals surface area contributed by atoms with Crippen LogP contribution in [0.15, 0.2) is 42.5 Å². The van der Waals surface area contributed by atoms with Crippen molar-refractivity contribution < 1.29 is 19.1 Å². The SMILES string of the molecule is CNC(=O)c1ccc(CN(C)C(=O)c2ccc3c(c2)OCCO3)cc1. The van der Waals surface area contributed by atoms with Crippen molar-refractivity contribution in [3.8, 4) is 11.5 Å². The third kappa shape index (κ3) is 3.74. The third-order valence-corrected chi connectivity index (χ3v) is 4.00. The molecule has 3 rings (SSSR count). The van der Waals surface area contributed by atoms with E-state index in [1.54, 1.807) is 49.3 Å². The van der Waals surface area contributed by atoms with Crippen molar-refractivity contribution in [1.29, 1.82) is 0 Å². The summed E-state index contributed by atoms with van der Waals surface area (Å²) in [4.78, 5) is 25.8. The van der Waals surface area contributed by atoms with Crippen molar-refractivity contribution in [2.45, 2.75) is 6.54 Å². The number of hydrogen-bond donors (Lipinski definition) is 1. The van der Waals surface area contributed by atoms with E-state index >= 15 is 0 Å². The molecule has 0 unspecified atom stereocenters. The van der Waals surface area contributed by atoms with Crippen LogP contribution in [0.3, 0.4) is 0 Å². The molecule has 0 spiro atoms. The molecule has 25 heavy (non-hydrogen) atoms. The van der Waals surface area contributed by atoms with E-state index in [0.717, 1.165) is 5.56 Å². The summed E-state index contributed by atoms with van der Waals surface area (Å²) in [5, 5.41) is 2.58. The zero-order chi connectivity index (χ0) is 17.8. The summed E-state index contributed by atoms with van der Waals surface area (Å²) in [5.74, 6) is 1.02. The number of rotatable bonds is 4.